The first kappa shape index (κ1) is 17.0. The van der Waals surface area contributed by atoms with Gasteiger partial charge in [0.25, 0.3) is 0 Å². The Morgan fingerprint density at radius 2 is 1.18 bits per heavy atom. The second-order valence-electron chi connectivity index (χ2n) is 7.61. The maximum atomic E-state index is 2.45. The molecule has 104 valence electrons. The molecule has 0 aromatic rings. The van der Waals surface area contributed by atoms with E-state index in [4.69, 9.17) is 0 Å². The van der Waals surface area contributed by atoms with Crippen LogP contribution in [0.1, 0.15) is 81.1 Å². The van der Waals surface area contributed by atoms with Crippen LogP contribution in [0, 0.1) is 29.1 Å². The van der Waals surface area contributed by atoms with Gasteiger partial charge in [-0.1, -0.05) is 68.2 Å². The van der Waals surface area contributed by atoms with Gasteiger partial charge in [-0.2, -0.15) is 0 Å². The van der Waals surface area contributed by atoms with E-state index in [-0.39, 0.29) is 0 Å². The summed E-state index contributed by atoms with van der Waals surface area (Å²) < 4.78 is 0. The van der Waals surface area contributed by atoms with E-state index in [9.17, 15) is 0 Å². The summed E-state index contributed by atoms with van der Waals surface area (Å²) in [6.07, 6.45) is 5.56. The quantitative estimate of drug-likeness (QED) is 0.477. The van der Waals surface area contributed by atoms with E-state index in [2.05, 4.69) is 55.4 Å². The molecular formula is C17H36. The predicted molar refractivity (Wildman–Crippen MR) is 80.3 cm³/mol. The first-order chi connectivity index (χ1) is 7.66. The van der Waals surface area contributed by atoms with Crippen LogP contribution in [0.15, 0.2) is 0 Å². The van der Waals surface area contributed by atoms with Gasteiger partial charge in [-0.05, 0) is 41.9 Å². The van der Waals surface area contributed by atoms with Crippen molar-refractivity contribution in [2.75, 3.05) is 0 Å². The maximum absolute atomic E-state index is 2.45. The molecule has 0 aliphatic rings. The first-order valence-electron chi connectivity index (χ1n) is 7.66. The van der Waals surface area contributed by atoms with E-state index in [1.165, 1.54) is 25.7 Å². The van der Waals surface area contributed by atoms with Gasteiger partial charge in [0.1, 0.15) is 0 Å². The number of hydrogen-bond acceptors (Lipinski definition) is 0. The van der Waals surface area contributed by atoms with Crippen molar-refractivity contribution in [1.29, 1.82) is 0 Å². The zero-order chi connectivity index (χ0) is 13.6. The number of rotatable bonds is 8. The fourth-order valence-corrected chi connectivity index (χ4v) is 2.05. The van der Waals surface area contributed by atoms with Crippen molar-refractivity contribution in [2.24, 2.45) is 29.1 Å². The molecule has 0 heterocycles. The minimum absolute atomic E-state index is 0.506. The van der Waals surface area contributed by atoms with Gasteiger partial charge in [0.05, 0.1) is 0 Å². The summed E-state index contributed by atoms with van der Waals surface area (Å²) in [5, 5.41) is 0. The zero-order valence-corrected chi connectivity index (χ0v) is 13.6. The summed E-state index contributed by atoms with van der Waals surface area (Å²) in [5.74, 6) is 3.42. The van der Waals surface area contributed by atoms with Gasteiger partial charge in [0, 0.05) is 0 Å². The number of hydrogen-bond donors (Lipinski definition) is 0. The van der Waals surface area contributed by atoms with E-state index in [1.807, 2.05) is 0 Å². The third kappa shape index (κ3) is 7.11. The van der Waals surface area contributed by atoms with Crippen LogP contribution in [-0.4, -0.2) is 0 Å². The second kappa shape index (κ2) is 7.44. The molecule has 0 fully saturated rings. The molecule has 2 atom stereocenters. The van der Waals surface area contributed by atoms with Crippen LogP contribution >= 0.6 is 0 Å². The molecule has 0 radical (unpaired) electrons. The molecule has 0 aliphatic heterocycles. The van der Waals surface area contributed by atoms with Gasteiger partial charge in [-0.25, -0.2) is 0 Å². The van der Waals surface area contributed by atoms with Crippen LogP contribution in [0.3, 0.4) is 0 Å². The van der Waals surface area contributed by atoms with E-state index >= 15 is 0 Å². The Kier molecular flexibility index (Phi) is 7.44. The molecule has 0 aliphatic carbocycles. The summed E-state index contributed by atoms with van der Waals surface area (Å²) in [4.78, 5) is 0. The lowest BCUT2D eigenvalue weighted by Crippen LogP contribution is -2.21. The van der Waals surface area contributed by atoms with E-state index in [0.717, 1.165) is 23.7 Å². The van der Waals surface area contributed by atoms with Crippen molar-refractivity contribution in [3.05, 3.63) is 0 Å². The van der Waals surface area contributed by atoms with Gasteiger partial charge in [0.2, 0.25) is 0 Å². The van der Waals surface area contributed by atoms with Crippen molar-refractivity contribution in [1.82, 2.24) is 0 Å². The lowest BCUT2D eigenvalue weighted by Gasteiger charge is -2.31. The summed E-state index contributed by atoms with van der Waals surface area (Å²) >= 11 is 0. The van der Waals surface area contributed by atoms with Crippen molar-refractivity contribution < 1.29 is 0 Å². The Hall–Kier alpha value is 0. The van der Waals surface area contributed by atoms with E-state index in [1.54, 1.807) is 0 Å². The fraction of sp³-hybridized carbons (Fsp3) is 1.00. The standard InChI is InChI=1S/C17H36/c1-13(2)9-10-15(5)16(6)11-12-17(7,8)14(3)4/h13-16H,9-12H2,1-8H3. The van der Waals surface area contributed by atoms with E-state index < -0.39 is 0 Å². The Balaban J connectivity index is 3.96. The molecule has 0 heteroatoms. The minimum Gasteiger partial charge on any atom is -0.0628 e. The first-order valence-corrected chi connectivity index (χ1v) is 7.66. The molecule has 0 amide bonds. The Labute approximate surface area is 111 Å². The fourth-order valence-electron chi connectivity index (χ4n) is 2.05. The zero-order valence-electron chi connectivity index (χ0n) is 13.6. The smallest absolute Gasteiger partial charge is 0.0331 e. The molecule has 0 rings (SSSR count). The molecule has 2 unspecified atom stereocenters. The van der Waals surface area contributed by atoms with Gasteiger partial charge < -0.3 is 0 Å². The molecule has 0 N–H and O–H groups in total. The van der Waals surface area contributed by atoms with Crippen molar-refractivity contribution >= 4 is 0 Å². The van der Waals surface area contributed by atoms with Crippen LogP contribution in [-0.2, 0) is 0 Å². The average molecular weight is 240 g/mol. The molecule has 0 saturated heterocycles. The predicted octanol–water partition coefficient (Wildman–Crippen LogP) is 6.16. The highest BCUT2D eigenvalue weighted by molar-refractivity contribution is 4.74. The average Bonchev–Trinajstić information content (AvgIpc) is 2.22. The SMILES string of the molecule is CC(C)CCC(C)C(C)CCC(C)(C)C(C)C. The van der Waals surface area contributed by atoms with Crippen molar-refractivity contribution in [3.63, 3.8) is 0 Å². The highest BCUT2D eigenvalue weighted by Crippen LogP contribution is 2.34. The summed E-state index contributed by atoms with van der Waals surface area (Å²) in [5.41, 5.74) is 0.506. The molecule has 0 aromatic heterocycles. The van der Waals surface area contributed by atoms with E-state index in [0.29, 0.717) is 5.41 Å². The van der Waals surface area contributed by atoms with Crippen LogP contribution in [0.25, 0.3) is 0 Å². The lowest BCUT2D eigenvalue weighted by molar-refractivity contribution is 0.193. The van der Waals surface area contributed by atoms with Crippen molar-refractivity contribution in [2.45, 2.75) is 81.1 Å². The van der Waals surface area contributed by atoms with Crippen LogP contribution in [0.2, 0.25) is 0 Å². The third-order valence-corrected chi connectivity index (χ3v) is 4.98. The Morgan fingerprint density at radius 3 is 1.59 bits per heavy atom. The summed E-state index contributed by atoms with van der Waals surface area (Å²) in [7, 11) is 0. The Bertz CT molecular complexity index is 188. The lowest BCUT2D eigenvalue weighted by atomic mass is 9.74. The van der Waals surface area contributed by atoms with Crippen LogP contribution in [0.4, 0.5) is 0 Å². The molecule has 0 saturated carbocycles. The molecule has 0 nitrogen and oxygen atoms in total. The minimum atomic E-state index is 0.506. The topological polar surface area (TPSA) is 0 Å². The van der Waals surface area contributed by atoms with Gasteiger partial charge >= 0.3 is 0 Å². The van der Waals surface area contributed by atoms with Crippen LogP contribution < -0.4 is 0 Å². The Morgan fingerprint density at radius 1 is 0.706 bits per heavy atom. The monoisotopic (exact) mass is 240 g/mol. The van der Waals surface area contributed by atoms with Gasteiger partial charge in [-0.3, -0.25) is 0 Å². The highest BCUT2D eigenvalue weighted by Gasteiger charge is 2.24. The molecule has 0 spiro atoms. The summed E-state index contributed by atoms with van der Waals surface area (Å²) in [6.45, 7) is 19.1. The molecule has 0 bridgehead atoms. The van der Waals surface area contributed by atoms with Gasteiger partial charge in [0.15, 0.2) is 0 Å². The third-order valence-electron chi connectivity index (χ3n) is 4.98. The van der Waals surface area contributed by atoms with Crippen molar-refractivity contribution in [3.8, 4) is 0 Å². The largest absolute Gasteiger partial charge is 0.0628 e. The molecular weight excluding hydrogens is 204 g/mol. The summed E-state index contributed by atoms with van der Waals surface area (Å²) in [6, 6.07) is 0. The highest BCUT2D eigenvalue weighted by atomic mass is 14.3. The second-order valence-corrected chi connectivity index (χ2v) is 7.61. The van der Waals surface area contributed by atoms with Crippen LogP contribution in [0.5, 0.6) is 0 Å². The molecule has 17 heavy (non-hydrogen) atoms. The maximum Gasteiger partial charge on any atom is -0.0331 e. The molecule has 0 aromatic carbocycles. The van der Waals surface area contributed by atoms with Gasteiger partial charge in [-0.15, -0.1) is 0 Å². The normalized spacial score (nSPS) is 16.6.